The minimum Gasteiger partial charge on any atom is -0.462 e. The van der Waals surface area contributed by atoms with Gasteiger partial charge in [-0.25, -0.2) is 9.13 Å². The summed E-state index contributed by atoms with van der Waals surface area (Å²) in [5.74, 6) is 0.136. The van der Waals surface area contributed by atoms with E-state index in [1.165, 1.54) is 135 Å². The number of phosphoric acid groups is 2. The number of esters is 4. The molecule has 17 nitrogen and oxygen atoms in total. The topological polar surface area (TPSA) is 237 Å². The van der Waals surface area contributed by atoms with Crippen molar-refractivity contribution in [3.8, 4) is 0 Å². The molecule has 19 heteroatoms. The summed E-state index contributed by atoms with van der Waals surface area (Å²) in [4.78, 5) is 72.3. The van der Waals surface area contributed by atoms with E-state index in [1.807, 2.05) is 0 Å². The van der Waals surface area contributed by atoms with E-state index >= 15 is 0 Å². The van der Waals surface area contributed by atoms with Crippen LogP contribution in [0.15, 0.2) is 0 Å². The standard InChI is InChI=1S/C67H130O17P2/c1-8-10-11-12-13-27-34-41-48-64(69)77-54-63(84-67(72)51-44-37-30-23-25-32-39-46-59(5)6)57-82-86(75,76)80-53-61(68)52-79-85(73,74)81-56-62(83-66(71)50-43-36-29-22-16-14-15-19-24-31-38-45-58(3)4)55-78-65(70)49-42-35-28-21-18-17-20-26-33-40-47-60(7)9-2/h58-63,68H,8-57H2,1-7H3,(H,73,74)(H,75,76)/t60?,61-,62-,63-/m1/s1. The zero-order valence-electron chi connectivity index (χ0n) is 55.8. The Morgan fingerprint density at radius 2 is 0.593 bits per heavy atom. The van der Waals surface area contributed by atoms with Crippen LogP contribution in [-0.4, -0.2) is 96.7 Å². The summed E-state index contributed by atoms with van der Waals surface area (Å²) in [6, 6.07) is 0. The second kappa shape index (κ2) is 58.2. The van der Waals surface area contributed by atoms with E-state index in [-0.39, 0.29) is 25.7 Å². The third-order valence-corrected chi connectivity index (χ3v) is 17.6. The predicted octanol–water partition coefficient (Wildman–Crippen LogP) is 18.7. The molecule has 0 aromatic heterocycles. The van der Waals surface area contributed by atoms with Gasteiger partial charge in [-0.15, -0.1) is 0 Å². The second-order valence-electron chi connectivity index (χ2n) is 25.4. The van der Waals surface area contributed by atoms with Crippen molar-refractivity contribution in [3.63, 3.8) is 0 Å². The van der Waals surface area contributed by atoms with Gasteiger partial charge in [-0.05, 0) is 43.4 Å². The average Bonchev–Trinajstić information content (AvgIpc) is 3.59. The summed E-state index contributed by atoms with van der Waals surface area (Å²) in [6.45, 7) is 11.8. The number of phosphoric ester groups is 2. The summed E-state index contributed by atoms with van der Waals surface area (Å²) in [5, 5.41) is 10.6. The van der Waals surface area contributed by atoms with Gasteiger partial charge < -0.3 is 33.8 Å². The normalized spacial score (nSPS) is 14.6. The highest BCUT2D eigenvalue weighted by Gasteiger charge is 2.30. The van der Waals surface area contributed by atoms with E-state index in [4.69, 9.17) is 37.0 Å². The summed E-state index contributed by atoms with van der Waals surface area (Å²) in [6.07, 6.45) is 40.3. The molecule has 0 aliphatic carbocycles. The molecule has 6 atom stereocenters. The quantitative estimate of drug-likeness (QED) is 0.0222. The van der Waals surface area contributed by atoms with Crippen LogP contribution in [0.2, 0.25) is 0 Å². The number of ether oxygens (including phenoxy) is 4. The van der Waals surface area contributed by atoms with Crippen molar-refractivity contribution in [2.24, 2.45) is 17.8 Å². The second-order valence-corrected chi connectivity index (χ2v) is 28.3. The number of carbonyl (C=O) groups excluding carboxylic acids is 4. The number of hydrogen-bond donors (Lipinski definition) is 3. The first-order valence-electron chi connectivity index (χ1n) is 34.9. The molecular formula is C67H130O17P2. The Kier molecular flexibility index (Phi) is 56.9. The molecule has 0 saturated heterocycles. The number of hydrogen-bond acceptors (Lipinski definition) is 15. The largest absolute Gasteiger partial charge is 0.472 e. The minimum absolute atomic E-state index is 0.103. The van der Waals surface area contributed by atoms with Crippen molar-refractivity contribution < 1.29 is 80.2 Å². The van der Waals surface area contributed by atoms with Crippen molar-refractivity contribution in [1.82, 2.24) is 0 Å². The molecule has 0 aromatic carbocycles. The lowest BCUT2D eigenvalue weighted by atomic mass is 9.99. The van der Waals surface area contributed by atoms with Gasteiger partial charge in [-0.1, -0.05) is 280 Å². The van der Waals surface area contributed by atoms with Crippen molar-refractivity contribution >= 4 is 39.5 Å². The van der Waals surface area contributed by atoms with Crippen LogP contribution < -0.4 is 0 Å². The van der Waals surface area contributed by atoms with Crippen LogP contribution in [0.3, 0.4) is 0 Å². The van der Waals surface area contributed by atoms with Crippen LogP contribution in [-0.2, 0) is 65.4 Å². The van der Waals surface area contributed by atoms with Crippen LogP contribution >= 0.6 is 15.6 Å². The first kappa shape index (κ1) is 84.1. The van der Waals surface area contributed by atoms with Crippen molar-refractivity contribution in [3.05, 3.63) is 0 Å². The van der Waals surface area contributed by atoms with E-state index in [0.717, 1.165) is 108 Å². The number of carbonyl (C=O) groups is 4. The lowest BCUT2D eigenvalue weighted by molar-refractivity contribution is -0.161. The van der Waals surface area contributed by atoms with Crippen molar-refractivity contribution in [1.29, 1.82) is 0 Å². The van der Waals surface area contributed by atoms with Crippen LogP contribution in [0.4, 0.5) is 0 Å². The maximum atomic E-state index is 13.0. The van der Waals surface area contributed by atoms with Crippen molar-refractivity contribution in [2.75, 3.05) is 39.6 Å². The fourth-order valence-corrected chi connectivity index (χ4v) is 11.6. The van der Waals surface area contributed by atoms with E-state index in [9.17, 15) is 43.2 Å². The van der Waals surface area contributed by atoms with Gasteiger partial charge in [0.2, 0.25) is 0 Å². The predicted molar refractivity (Wildman–Crippen MR) is 344 cm³/mol. The van der Waals surface area contributed by atoms with Gasteiger partial charge in [0.25, 0.3) is 0 Å². The highest BCUT2D eigenvalue weighted by molar-refractivity contribution is 7.47. The van der Waals surface area contributed by atoms with Gasteiger partial charge in [0.05, 0.1) is 26.4 Å². The van der Waals surface area contributed by atoms with E-state index in [0.29, 0.717) is 31.6 Å². The van der Waals surface area contributed by atoms with Crippen LogP contribution in [0.1, 0.15) is 331 Å². The molecule has 0 amide bonds. The molecule has 0 fully saturated rings. The molecule has 3 unspecified atom stereocenters. The van der Waals surface area contributed by atoms with Gasteiger partial charge in [0, 0.05) is 25.7 Å². The Hall–Kier alpha value is -1.94. The van der Waals surface area contributed by atoms with Gasteiger partial charge >= 0.3 is 39.5 Å². The fourth-order valence-electron chi connectivity index (χ4n) is 9.98. The lowest BCUT2D eigenvalue weighted by Gasteiger charge is -2.21. The molecule has 510 valence electrons. The zero-order valence-corrected chi connectivity index (χ0v) is 57.6. The summed E-state index contributed by atoms with van der Waals surface area (Å²) in [5.41, 5.74) is 0. The minimum atomic E-state index is -4.95. The first-order chi connectivity index (χ1) is 41.3. The Labute approximate surface area is 524 Å². The lowest BCUT2D eigenvalue weighted by Crippen LogP contribution is -2.30. The highest BCUT2D eigenvalue weighted by atomic mass is 31.2. The number of rotatable bonds is 65. The van der Waals surface area contributed by atoms with Crippen LogP contribution in [0, 0.1) is 17.8 Å². The van der Waals surface area contributed by atoms with E-state index in [1.54, 1.807) is 0 Å². The zero-order chi connectivity index (χ0) is 63.8. The third-order valence-electron chi connectivity index (χ3n) is 15.7. The molecule has 0 heterocycles. The molecule has 0 aliphatic heterocycles. The molecule has 0 spiro atoms. The molecule has 3 N–H and O–H groups in total. The van der Waals surface area contributed by atoms with E-state index in [2.05, 4.69) is 48.5 Å². The Bertz CT molecular complexity index is 1700. The number of aliphatic hydroxyl groups excluding tert-OH is 1. The first-order valence-corrected chi connectivity index (χ1v) is 37.9. The molecule has 0 rings (SSSR count). The smallest absolute Gasteiger partial charge is 0.462 e. The van der Waals surface area contributed by atoms with Gasteiger partial charge in [0.1, 0.15) is 19.3 Å². The number of aliphatic hydroxyl groups is 1. The summed E-state index contributed by atoms with van der Waals surface area (Å²) >= 11 is 0. The average molecular weight is 1270 g/mol. The summed E-state index contributed by atoms with van der Waals surface area (Å²) in [7, 11) is -9.89. The molecule has 0 bridgehead atoms. The van der Waals surface area contributed by atoms with Crippen LogP contribution in [0.25, 0.3) is 0 Å². The maximum Gasteiger partial charge on any atom is 0.472 e. The Morgan fingerprint density at radius 1 is 0.337 bits per heavy atom. The van der Waals surface area contributed by atoms with Gasteiger partial charge in [0.15, 0.2) is 12.2 Å². The molecule has 0 saturated carbocycles. The molecular weight excluding hydrogens is 1140 g/mol. The Morgan fingerprint density at radius 3 is 0.884 bits per heavy atom. The molecule has 0 radical (unpaired) electrons. The highest BCUT2D eigenvalue weighted by Crippen LogP contribution is 2.45. The Balaban J connectivity index is 5.24. The van der Waals surface area contributed by atoms with Gasteiger partial charge in [-0.2, -0.15) is 0 Å². The maximum absolute atomic E-state index is 13.0. The summed E-state index contributed by atoms with van der Waals surface area (Å²) < 4.78 is 68.1. The number of unbranched alkanes of at least 4 members (excludes halogenated alkanes) is 32. The molecule has 86 heavy (non-hydrogen) atoms. The van der Waals surface area contributed by atoms with Crippen molar-refractivity contribution in [2.45, 2.75) is 349 Å². The molecule has 0 aliphatic rings. The van der Waals surface area contributed by atoms with Gasteiger partial charge in [-0.3, -0.25) is 37.3 Å². The van der Waals surface area contributed by atoms with E-state index < -0.39 is 97.5 Å². The molecule has 0 aromatic rings. The van der Waals surface area contributed by atoms with Crippen LogP contribution in [0.5, 0.6) is 0 Å². The third kappa shape index (κ3) is 59.7. The SMILES string of the molecule is CCCCCCCCCCC(=O)OC[C@H](COP(=O)(O)OC[C@H](O)COP(=O)(O)OC[C@@H](COC(=O)CCCCCCCCCCCCC(C)CC)OC(=O)CCCCCCCCCCCCCC(C)C)OC(=O)CCCCCCCCCC(C)C. The fraction of sp³-hybridized carbons (Fsp3) is 0.940. The monoisotopic (exact) mass is 1270 g/mol.